The van der Waals surface area contributed by atoms with E-state index >= 15 is 0 Å². The van der Waals surface area contributed by atoms with Crippen LogP contribution < -0.4 is 10.4 Å². The van der Waals surface area contributed by atoms with E-state index in [1.807, 2.05) is 12.1 Å². The fourth-order valence-electron chi connectivity index (χ4n) is 5.93. The maximum Gasteiger partial charge on any atom is 0.283 e. The number of hydrogen-bond donors (Lipinski definition) is 1. The van der Waals surface area contributed by atoms with E-state index in [-0.39, 0.29) is 17.4 Å². The fraction of sp³-hybridized carbons (Fsp3) is 0.314. The van der Waals surface area contributed by atoms with E-state index in [0.29, 0.717) is 6.42 Å². The lowest BCUT2D eigenvalue weighted by atomic mass is 9.67. The summed E-state index contributed by atoms with van der Waals surface area (Å²) in [6.07, 6.45) is 0.468. The summed E-state index contributed by atoms with van der Waals surface area (Å²) < 4.78 is 8.39. The monoisotopic (exact) mass is 612 g/mol. The van der Waals surface area contributed by atoms with Crippen LogP contribution in [0.3, 0.4) is 0 Å². The molecule has 1 aliphatic rings. The quantitative estimate of drug-likeness (QED) is 0.234. The number of halogens is 1. The van der Waals surface area contributed by atoms with Gasteiger partial charge in [-0.25, -0.2) is 0 Å². The van der Waals surface area contributed by atoms with Crippen molar-refractivity contribution in [1.29, 1.82) is 0 Å². The summed E-state index contributed by atoms with van der Waals surface area (Å²) >= 11 is 3.58. The molecule has 3 atom stereocenters. The van der Waals surface area contributed by atoms with Gasteiger partial charge in [-0.3, -0.25) is 4.90 Å². The predicted octanol–water partition coefficient (Wildman–Crippen LogP) is 6.40. The number of rotatable bonds is 8. The zero-order valence-electron chi connectivity index (χ0n) is 23.6. The van der Waals surface area contributed by atoms with E-state index in [2.05, 4.69) is 145 Å². The summed E-state index contributed by atoms with van der Waals surface area (Å²) in [5, 5.41) is 15.1. The van der Waals surface area contributed by atoms with E-state index in [9.17, 15) is 5.11 Å². The zero-order valence-corrected chi connectivity index (χ0v) is 26.2. The van der Waals surface area contributed by atoms with Gasteiger partial charge in [-0.2, -0.15) is 0 Å². The fourth-order valence-corrected chi connectivity index (χ4v) is 8.57. The standard InChI is InChI=1S/C35H39BrNO2Si/c1-34(2,3)33(39-40(30-15-9-5-10-16-30)31-17-11-6-12-18-31)32-26-37(25-27-13-7-4-8-14-27)24-23-35(32,38)28-19-21-29(36)22-20-28/h4-22,32-33,38H,23-26H2,1-3H3. The first-order valence-corrected chi connectivity index (χ1v) is 16.3. The van der Waals surface area contributed by atoms with Crippen LogP contribution in [0.2, 0.25) is 0 Å². The minimum atomic E-state index is -1.58. The van der Waals surface area contributed by atoms with E-state index < -0.39 is 14.6 Å². The normalized spacial score (nSPS) is 20.9. The van der Waals surface area contributed by atoms with Crippen molar-refractivity contribution in [3.05, 3.63) is 131 Å². The number of hydrogen-bond acceptors (Lipinski definition) is 3. The van der Waals surface area contributed by atoms with Crippen LogP contribution in [0.15, 0.2) is 120 Å². The van der Waals surface area contributed by atoms with E-state index in [4.69, 9.17) is 4.43 Å². The molecule has 4 aromatic rings. The van der Waals surface area contributed by atoms with Gasteiger partial charge in [0.25, 0.3) is 9.04 Å². The molecule has 4 aromatic carbocycles. The molecule has 0 amide bonds. The van der Waals surface area contributed by atoms with Crippen molar-refractivity contribution in [2.24, 2.45) is 11.3 Å². The molecule has 1 N–H and O–H groups in total. The first-order valence-electron chi connectivity index (χ1n) is 14.1. The highest BCUT2D eigenvalue weighted by atomic mass is 79.9. The number of aliphatic hydroxyl groups is 1. The molecule has 5 heteroatoms. The van der Waals surface area contributed by atoms with Gasteiger partial charge in [0.05, 0.1) is 11.7 Å². The summed E-state index contributed by atoms with van der Waals surface area (Å²) in [7, 11) is -1.58. The largest absolute Gasteiger partial charge is 0.403 e. The van der Waals surface area contributed by atoms with Crippen LogP contribution in [0, 0.1) is 11.3 Å². The number of likely N-dealkylation sites (tertiary alicyclic amines) is 1. The summed E-state index contributed by atoms with van der Waals surface area (Å²) in [5.41, 5.74) is 1.04. The van der Waals surface area contributed by atoms with Gasteiger partial charge < -0.3 is 9.53 Å². The van der Waals surface area contributed by atoms with Crippen LogP contribution in [0.1, 0.15) is 38.3 Å². The Labute approximate surface area is 249 Å². The van der Waals surface area contributed by atoms with Crippen LogP contribution in [0.4, 0.5) is 0 Å². The Balaban J connectivity index is 1.56. The van der Waals surface area contributed by atoms with E-state index in [0.717, 1.165) is 29.7 Å². The molecule has 0 spiro atoms. The van der Waals surface area contributed by atoms with Crippen molar-refractivity contribution in [2.45, 2.75) is 45.4 Å². The third-order valence-electron chi connectivity index (χ3n) is 8.01. The van der Waals surface area contributed by atoms with Crippen LogP contribution in [-0.2, 0) is 16.6 Å². The number of benzene rings is 4. The van der Waals surface area contributed by atoms with Crippen molar-refractivity contribution in [1.82, 2.24) is 4.90 Å². The molecule has 0 aromatic heterocycles. The molecule has 5 rings (SSSR count). The molecule has 1 heterocycles. The summed E-state index contributed by atoms with van der Waals surface area (Å²) in [5.74, 6) is -0.126. The maximum absolute atomic E-state index is 12.7. The molecular weight excluding hydrogens is 574 g/mol. The second-order valence-electron chi connectivity index (χ2n) is 12.0. The minimum Gasteiger partial charge on any atom is -0.403 e. The molecule has 0 bridgehead atoms. The van der Waals surface area contributed by atoms with Gasteiger partial charge >= 0.3 is 0 Å². The first kappa shape index (κ1) is 29.0. The predicted molar refractivity (Wildman–Crippen MR) is 170 cm³/mol. The molecule has 1 radical (unpaired) electrons. The van der Waals surface area contributed by atoms with E-state index in [1.165, 1.54) is 15.9 Å². The minimum absolute atomic E-state index is 0.126. The molecule has 1 aliphatic heterocycles. The molecule has 40 heavy (non-hydrogen) atoms. The maximum atomic E-state index is 12.7. The van der Waals surface area contributed by atoms with Crippen molar-refractivity contribution in [2.75, 3.05) is 13.1 Å². The number of piperidine rings is 1. The molecule has 3 unspecified atom stereocenters. The van der Waals surface area contributed by atoms with Crippen LogP contribution >= 0.6 is 15.9 Å². The van der Waals surface area contributed by atoms with Gasteiger partial charge in [-0.15, -0.1) is 0 Å². The van der Waals surface area contributed by atoms with Crippen LogP contribution in [0.25, 0.3) is 0 Å². The van der Waals surface area contributed by atoms with Crippen molar-refractivity contribution < 1.29 is 9.53 Å². The third kappa shape index (κ3) is 6.67. The topological polar surface area (TPSA) is 32.7 Å². The van der Waals surface area contributed by atoms with Crippen molar-refractivity contribution >= 4 is 35.3 Å². The van der Waals surface area contributed by atoms with Gasteiger partial charge in [0.15, 0.2) is 0 Å². The lowest BCUT2D eigenvalue weighted by Crippen LogP contribution is -2.60. The number of nitrogens with zero attached hydrogens (tertiary/aromatic N) is 1. The molecule has 207 valence electrons. The zero-order chi connectivity index (χ0) is 28.2. The van der Waals surface area contributed by atoms with Gasteiger partial charge in [0.2, 0.25) is 0 Å². The Kier molecular flexibility index (Phi) is 9.08. The van der Waals surface area contributed by atoms with Crippen molar-refractivity contribution in [3.63, 3.8) is 0 Å². The highest BCUT2D eigenvalue weighted by Crippen LogP contribution is 2.45. The van der Waals surface area contributed by atoms with Gasteiger partial charge in [0, 0.05) is 30.0 Å². The molecule has 1 saturated heterocycles. The lowest BCUT2D eigenvalue weighted by molar-refractivity contribution is -0.138. The van der Waals surface area contributed by atoms with Crippen molar-refractivity contribution in [3.8, 4) is 0 Å². The Morgan fingerprint density at radius 1 is 0.850 bits per heavy atom. The highest BCUT2D eigenvalue weighted by Gasteiger charge is 2.51. The van der Waals surface area contributed by atoms with Gasteiger partial charge in [0.1, 0.15) is 0 Å². The summed E-state index contributed by atoms with van der Waals surface area (Å²) in [4.78, 5) is 2.49. The highest BCUT2D eigenvalue weighted by molar-refractivity contribution is 9.10. The third-order valence-corrected chi connectivity index (χ3v) is 10.7. The summed E-state index contributed by atoms with van der Waals surface area (Å²) in [6, 6.07) is 40.1. The second kappa shape index (κ2) is 12.5. The molecule has 1 fully saturated rings. The second-order valence-corrected chi connectivity index (χ2v) is 14.9. The molecular formula is C35H39BrNO2Si. The first-order chi connectivity index (χ1) is 19.2. The van der Waals surface area contributed by atoms with Gasteiger partial charge in [-0.05, 0) is 45.5 Å². The average molecular weight is 614 g/mol. The van der Waals surface area contributed by atoms with Crippen LogP contribution in [-0.4, -0.2) is 38.2 Å². The Morgan fingerprint density at radius 2 is 1.38 bits per heavy atom. The Morgan fingerprint density at radius 3 is 1.90 bits per heavy atom. The van der Waals surface area contributed by atoms with E-state index in [1.54, 1.807) is 0 Å². The average Bonchev–Trinajstić information content (AvgIpc) is 2.96. The molecule has 3 nitrogen and oxygen atoms in total. The molecule has 0 aliphatic carbocycles. The van der Waals surface area contributed by atoms with Gasteiger partial charge in [-0.1, -0.05) is 140 Å². The SMILES string of the molecule is CC(C)(C)C(O[Si](c1ccccc1)c1ccccc1)C1CN(Cc2ccccc2)CCC1(O)c1ccc(Br)cc1. The Bertz CT molecular complexity index is 1310. The lowest BCUT2D eigenvalue weighted by Gasteiger charge is -2.51. The smallest absolute Gasteiger partial charge is 0.283 e. The van der Waals surface area contributed by atoms with Crippen LogP contribution in [0.5, 0.6) is 0 Å². The molecule has 0 saturated carbocycles. The summed E-state index contributed by atoms with van der Waals surface area (Å²) in [6.45, 7) is 9.20. The Hall–Kier alpha value is -2.54.